The topological polar surface area (TPSA) is 68.7 Å². The SMILES string of the molecule is CCOC(=O)CC1Oc2ccc(Cl)cc2N(Cc2nc3c(F)ccc(F)c3s2)C1=O. The first-order chi connectivity index (χ1) is 14.4. The molecule has 0 aliphatic carbocycles. The number of nitrogens with zero attached hydrogens (tertiary/aromatic N) is 2. The van der Waals surface area contributed by atoms with E-state index in [1.807, 2.05) is 0 Å². The van der Waals surface area contributed by atoms with Crippen LogP contribution < -0.4 is 9.64 Å². The van der Waals surface area contributed by atoms with Gasteiger partial charge in [0.15, 0.2) is 11.9 Å². The van der Waals surface area contributed by atoms with Crippen LogP contribution in [0.25, 0.3) is 10.2 Å². The van der Waals surface area contributed by atoms with Gasteiger partial charge < -0.3 is 9.47 Å². The fourth-order valence-corrected chi connectivity index (χ4v) is 4.29. The molecule has 1 aliphatic rings. The Kier molecular flexibility index (Phi) is 5.57. The standard InChI is InChI=1S/C20H15ClF2N2O4S/c1-2-28-17(26)8-15-20(27)25(13-7-10(21)3-6-14(13)29-15)9-16-24-18-11(22)4-5-12(23)19(18)30-16/h3-7,15H,2,8-9H2,1H3. The van der Waals surface area contributed by atoms with Gasteiger partial charge in [-0.05, 0) is 37.3 Å². The number of carbonyl (C=O) groups excluding carboxylic acids is 2. The fourth-order valence-electron chi connectivity index (χ4n) is 3.15. The number of halogens is 3. The van der Waals surface area contributed by atoms with Crippen LogP contribution in [0.2, 0.25) is 5.02 Å². The molecule has 156 valence electrons. The minimum absolute atomic E-state index is 0.0624. The molecule has 6 nitrogen and oxygen atoms in total. The number of hydrogen-bond acceptors (Lipinski definition) is 6. The van der Waals surface area contributed by atoms with Crippen LogP contribution in [0.1, 0.15) is 18.4 Å². The van der Waals surface area contributed by atoms with Crippen LogP contribution in [0.4, 0.5) is 14.5 Å². The second kappa shape index (κ2) is 8.16. The Hall–Kier alpha value is -2.78. The average Bonchev–Trinajstić information content (AvgIpc) is 3.14. The molecule has 1 aliphatic heterocycles. The maximum absolute atomic E-state index is 14.0. The van der Waals surface area contributed by atoms with Gasteiger partial charge in [-0.15, -0.1) is 11.3 Å². The summed E-state index contributed by atoms with van der Waals surface area (Å²) in [6.07, 6.45) is -1.37. The zero-order chi connectivity index (χ0) is 21.4. The van der Waals surface area contributed by atoms with Gasteiger partial charge in [0.25, 0.3) is 5.91 Å². The maximum atomic E-state index is 14.0. The summed E-state index contributed by atoms with van der Waals surface area (Å²) in [6.45, 7) is 1.78. The second-order valence-corrected chi connectivity index (χ2v) is 7.99. The summed E-state index contributed by atoms with van der Waals surface area (Å²) in [7, 11) is 0. The monoisotopic (exact) mass is 452 g/mol. The number of esters is 1. The Bertz CT molecular complexity index is 1110. The molecule has 4 rings (SSSR count). The molecule has 0 N–H and O–H groups in total. The van der Waals surface area contributed by atoms with Crippen LogP contribution in [0.15, 0.2) is 30.3 Å². The number of aromatic nitrogens is 1. The summed E-state index contributed by atoms with van der Waals surface area (Å²) in [5, 5.41) is 0.699. The highest BCUT2D eigenvalue weighted by molar-refractivity contribution is 7.18. The molecular weight excluding hydrogens is 438 g/mol. The zero-order valence-electron chi connectivity index (χ0n) is 15.7. The molecule has 0 radical (unpaired) electrons. The highest BCUT2D eigenvalue weighted by Gasteiger charge is 2.37. The lowest BCUT2D eigenvalue weighted by Crippen LogP contribution is -2.46. The highest BCUT2D eigenvalue weighted by atomic mass is 35.5. The molecule has 0 saturated carbocycles. The minimum Gasteiger partial charge on any atom is -0.478 e. The van der Waals surface area contributed by atoms with Crippen molar-refractivity contribution in [2.75, 3.05) is 11.5 Å². The highest BCUT2D eigenvalue weighted by Crippen LogP contribution is 2.38. The van der Waals surface area contributed by atoms with E-state index < -0.39 is 29.6 Å². The largest absolute Gasteiger partial charge is 0.478 e. The van der Waals surface area contributed by atoms with Crippen LogP contribution in [-0.4, -0.2) is 29.6 Å². The molecule has 3 aromatic rings. The van der Waals surface area contributed by atoms with Gasteiger partial charge in [-0.1, -0.05) is 11.6 Å². The summed E-state index contributed by atoms with van der Waals surface area (Å²) in [5.74, 6) is -1.96. The van der Waals surface area contributed by atoms with Crippen molar-refractivity contribution in [1.82, 2.24) is 4.98 Å². The van der Waals surface area contributed by atoms with Crippen molar-refractivity contribution in [3.8, 4) is 5.75 Å². The molecule has 10 heteroatoms. The summed E-state index contributed by atoms with van der Waals surface area (Å²) in [4.78, 5) is 30.5. The number of carbonyl (C=O) groups is 2. The predicted molar refractivity (Wildman–Crippen MR) is 108 cm³/mol. The van der Waals surface area contributed by atoms with E-state index in [0.29, 0.717) is 21.5 Å². The van der Waals surface area contributed by atoms with Gasteiger partial charge >= 0.3 is 5.97 Å². The zero-order valence-corrected chi connectivity index (χ0v) is 17.2. The smallest absolute Gasteiger partial charge is 0.310 e. The van der Waals surface area contributed by atoms with Gasteiger partial charge in [-0.2, -0.15) is 0 Å². The lowest BCUT2D eigenvalue weighted by molar-refractivity contribution is -0.147. The second-order valence-electron chi connectivity index (χ2n) is 6.47. The van der Waals surface area contributed by atoms with Crippen molar-refractivity contribution in [3.63, 3.8) is 0 Å². The van der Waals surface area contributed by atoms with Crippen molar-refractivity contribution in [3.05, 3.63) is 52.0 Å². The van der Waals surface area contributed by atoms with Gasteiger partial charge in [0, 0.05) is 5.02 Å². The van der Waals surface area contributed by atoms with E-state index in [1.165, 1.54) is 4.90 Å². The molecule has 1 amide bonds. The van der Waals surface area contributed by atoms with E-state index in [-0.39, 0.29) is 29.8 Å². The van der Waals surface area contributed by atoms with Gasteiger partial charge in [0.1, 0.15) is 22.1 Å². The van der Waals surface area contributed by atoms with Gasteiger partial charge in [-0.25, -0.2) is 13.8 Å². The van der Waals surface area contributed by atoms with E-state index in [0.717, 1.165) is 23.5 Å². The van der Waals surface area contributed by atoms with Crippen LogP contribution in [0, 0.1) is 11.6 Å². The van der Waals surface area contributed by atoms with Crippen molar-refractivity contribution in [2.24, 2.45) is 0 Å². The third-order valence-corrected chi connectivity index (χ3v) is 5.75. The number of fused-ring (bicyclic) bond motifs is 2. The number of hydrogen-bond donors (Lipinski definition) is 0. The first-order valence-corrected chi connectivity index (χ1v) is 10.2. The minimum atomic E-state index is -1.10. The molecule has 2 heterocycles. The maximum Gasteiger partial charge on any atom is 0.310 e. The number of rotatable bonds is 5. The first-order valence-electron chi connectivity index (χ1n) is 9.04. The number of ether oxygens (including phenoxy) is 2. The summed E-state index contributed by atoms with van der Waals surface area (Å²) in [5.41, 5.74) is 0.290. The van der Waals surface area contributed by atoms with Crippen LogP contribution >= 0.6 is 22.9 Å². The number of thiazole rings is 1. The molecule has 0 bridgehead atoms. The van der Waals surface area contributed by atoms with Crippen molar-refractivity contribution in [2.45, 2.75) is 26.0 Å². The number of benzene rings is 2. The normalized spacial score (nSPS) is 15.8. The Morgan fingerprint density at radius 2 is 2.07 bits per heavy atom. The average molecular weight is 453 g/mol. The molecule has 0 fully saturated rings. The summed E-state index contributed by atoms with van der Waals surface area (Å²) >= 11 is 7.03. The fraction of sp³-hybridized carbons (Fsp3) is 0.250. The van der Waals surface area contributed by atoms with E-state index >= 15 is 0 Å². The molecule has 30 heavy (non-hydrogen) atoms. The molecule has 1 atom stereocenters. The van der Waals surface area contributed by atoms with Crippen LogP contribution in [-0.2, 0) is 20.9 Å². The van der Waals surface area contributed by atoms with E-state index in [1.54, 1.807) is 25.1 Å². The Labute approximate surface area is 179 Å². The summed E-state index contributed by atoms with van der Waals surface area (Å²) in [6, 6.07) is 6.77. The van der Waals surface area contributed by atoms with Crippen molar-refractivity contribution in [1.29, 1.82) is 0 Å². The lowest BCUT2D eigenvalue weighted by Gasteiger charge is -2.33. The molecule has 0 spiro atoms. The van der Waals surface area contributed by atoms with Crippen molar-refractivity contribution >= 4 is 50.7 Å². The van der Waals surface area contributed by atoms with Crippen LogP contribution in [0.5, 0.6) is 5.75 Å². The van der Waals surface area contributed by atoms with Gasteiger partial charge in [-0.3, -0.25) is 14.5 Å². The van der Waals surface area contributed by atoms with Gasteiger partial charge in [0.2, 0.25) is 0 Å². The number of anilines is 1. The molecule has 0 saturated heterocycles. The Morgan fingerprint density at radius 3 is 2.80 bits per heavy atom. The third kappa shape index (κ3) is 3.82. The predicted octanol–water partition coefficient (Wildman–Crippen LogP) is 4.48. The van der Waals surface area contributed by atoms with E-state index in [4.69, 9.17) is 21.1 Å². The molecule has 2 aromatic carbocycles. The van der Waals surface area contributed by atoms with Gasteiger partial charge in [0.05, 0.1) is 30.0 Å². The van der Waals surface area contributed by atoms with Crippen molar-refractivity contribution < 1.29 is 27.8 Å². The molecule has 1 aromatic heterocycles. The quantitative estimate of drug-likeness (QED) is 0.534. The van der Waals surface area contributed by atoms with E-state index in [2.05, 4.69) is 4.98 Å². The van der Waals surface area contributed by atoms with Crippen LogP contribution in [0.3, 0.4) is 0 Å². The summed E-state index contributed by atoms with van der Waals surface area (Å²) < 4.78 is 38.7. The lowest BCUT2D eigenvalue weighted by atomic mass is 10.1. The Balaban J connectivity index is 1.70. The van der Waals surface area contributed by atoms with E-state index in [9.17, 15) is 18.4 Å². The third-order valence-electron chi connectivity index (χ3n) is 4.46. The first kappa shape index (κ1) is 20.5. The molecular formula is C20H15ClF2N2O4S. The Morgan fingerprint density at radius 1 is 1.30 bits per heavy atom. The molecule has 1 unspecified atom stereocenters. The number of amides is 1.